The first-order valence-electron chi connectivity index (χ1n) is 8.17. The highest BCUT2D eigenvalue weighted by Gasteiger charge is 2.23. The van der Waals surface area contributed by atoms with Gasteiger partial charge in [-0.3, -0.25) is 0 Å². The number of rotatable bonds is 2. The van der Waals surface area contributed by atoms with Crippen molar-refractivity contribution in [1.29, 1.82) is 0 Å². The first kappa shape index (κ1) is 13.2. The fourth-order valence-corrected chi connectivity index (χ4v) is 3.87. The molecular weight excluding hydrogens is 230 g/mol. The topological polar surface area (TPSA) is 12.0 Å². The van der Waals surface area contributed by atoms with E-state index in [0.717, 1.165) is 12.0 Å². The molecule has 1 fully saturated rings. The van der Waals surface area contributed by atoms with Crippen LogP contribution >= 0.6 is 0 Å². The SMILES string of the molecule is CC1CCCC(NC2CCCc3ccccc32)CC1. The van der Waals surface area contributed by atoms with Crippen molar-refractivity contribution in [3.63, 3.8) is 0 Å². The highest BCUT2D eigenvalue weighted by molar-refractivity contribution is 5.32. The van der Waals surface area contributed by atoms with Crippen molar-refractivity contribution >= 4 is 0 Å². The zero-order chi connectivity index (χ0) is 13.1. The van der Waals surface area contributed by atoms with Gasteiger partial charge in [-0.1, -0.05) is 44.0 Å². The molecule has 3 rings (SSSR count). The van der Waals surface area contributed by atoms with Crippen molar-refractivity contribution in [1.82, 2.24) is 5.32 Å². The molecule has 0 aromatic heterocycles. The van der Waals surface area contributed by atoms with Gasteiger partial charge in [0.25, 0.3) is 0 Å². The van der Waals surface area contributed by atoms with Crippen LogP contribution in [0.2, 0.25) is 0 Å². The van der Waals surface area contributed by atoms with Gasteiger partial charge in [-0.25, -0.2) is 0 Å². The molecule has 19 heavy (non-hydrogen) atoms. The predicted octanol–water partition coefficient (Wildman–Crippen LogP) is 4.62. The lowest BCUT2D eigenvalue weighted by Gasteiger charge is -2.30. The average molecular weight is 257 g/mol. The number of hydrogen-bond acceptors (Lipinski definition) is 1. The lowest BCUT2D eigenvalue weighted by atomic mass is 9.87. The molecule has 0 heterocycles. The second-order valence-corrected chi connectivity index (χ2v) is 6.62. The summed E-state index contributed by atoms with van der Waals surface area (Å²) in [5.41, 5.74) is 3.15. The van der Waals surface area contributed by atoms with Crippen molar-refractivity contribution in [3.05, 3.63) is 35.4 Å². The summed E-state index contributed by atoms with van der Waals surface area (Å²) in [5, 5.41) is 3.97. The second kappa shape index (κ2) is 6.09. The van der Waals surface area contributed by atoms with Gasteiger partial charge in [0.2, 0.25) is 0 Å². The van der Waals surface area contributed by atoms with Gasteiger partial charge in [0, 0.05) is 12.1 Å². The molecule has 1 nitrogen and oxygen atoms in total. The van der Waals surface area contributed by atoms with Crippen LogP contribution in [-0.2, 0) is 6.42 Å². The van der Waals surface area contributed by atoms with Crippen LogP contribution in [-0.4, -0.2) is 6.04 Å². The van der Waals surface area contributed by atoms with Crippen LogP contribution < -0.4 is 5.32 Å². The zero-order valence-electron chi connectivity index (χ0n) is 12.2. The minimum atomic E-state index is 0.614. The summed E-state index contributed by atoms with van der Waals surface area (Å²) >= 11 is 0. The molecule has 0 spiro atoms. The van der Waals surface area contributed by atoms with Crippen LogP contribution in [0, 0.1) is 5.92 Å². The lowest BCUT2D eigenvalue weighted by molar-refractivity contribution is 0.365. The molecular formula is C18H27N. The molecule has 0 aliphatic heterocycles. The molecule has 1 aromatic carbocycles. The summed E-state index contributed by atoms with van der Waals surface area (Å²) in [4.78, 5) is 0. The number of hydrogen-bond donors (Lipinski definition) is 1. The Morgan fingerprint density at radius 3 is 2.79 bits per heavy atom. The third-order valence-electron chi connectivity index (χ3n) is 5.06. The monoisotopic (exact) mass is 257 g/mol. The van der Waals surface area contributed by atoms with E-state index in [9.17, 15) is 0 Å². The number of fused-ring (bicyclic) bond motifs is 1. The van der Waals surface area contributed by atoms with E-state index in [1.807, 2.05) is 0 Å². The predicted molar refractivity (Wildman–Crippen MR) is 81.3 cm³/mol. The van der Waals surface area contributed by atoms with Gasteiger partial charge in [0.1, 0.15) is 0 Å². The molecule has 0 saturated heterocycles. The Balaban J connectivity index is 1.67. The average Bonchev–Trinajstić information content (AvgIpc) is 2.64. The Morgan fingerprint density at radius 2 is 1.84 bits per heavy atom. The molecule has 1 heteroatoms. The fraction of sp³-hybridized carbons (Fsp3) is 0.667. The Bertz CT molecular complexity index is 412. The normalized spacial score (nSPS) is 31.5. The van der Waals surface area contributed by atoms with Crippen molar-refractivity contribution in [3.8, 4) is 0 Å². The van der Waals surface area contributed by atoms with Gasteiger partial charge in [-0.05, 0) is 55.6 Å². The lowest BCUT2D eigenvalue weighted by Crippen LogP contribution is -2.34. The van der Waals surface area contributed by atoms with Gasteiger partial charge in [0.15, 0.2) is 0 Å². The van der Waals surface area contributed by atoms with Gasteiger partial charge >= 0.3 is 0 Å². The van der Waals surface area contributed by atoms with E-state index in [1.54, 1.807) is 11.1 Å². The maximum absolute atomic E-state index is 3.97. The molecule has 0 amide bonds. The second-order valence-electron chi connectivity index (χ2n) is 6.62. The maximum atomic E-state index is 3.97. The van der Waals surface area contributed by atoms with Crippen LogP contribution in [0.3, 0.4) is 0 Å². The molecule has 1 aromatic rings. The summed E-state index contributed by atoms with van der Waals surface area (Å²) < 4.78 is 0. The highest BCUT2D eigenvalue weighted by Crippen LogP contribution is 2.31. The summed E-state index contributed by atoms with van der Waals surface area (Å²) in [6, 6.07) is 10.4. The summed E-state index contributed by atoms with van der Waals surface area (Å²) in [6.07, 6.45) is 10.9. The van der Waals surface area contributed by atoms with Crippen molar-refractivity contribution in [2.24, 2.45) is 5.92 Å². The molecule has 104 valence electrons. The van der Waals surface area contributed by atoms with Crippen molar-refractivity contribution in [2.75, 3.05) is 0 Å². The standard InChI is InChI=1S/C18H27N/c1-14-6-4-9-16(13-12-14)19-18-11-5-8-15-7-2-3-10-17(15)18/h2-3,7,10,14,16,18-19H,4-6,8-9,11-13H2,1H3. The summed E-state index contributed by atoms with van der Waals surface area (Å²) in [5.74, 6) is 0.936. The first-order valence-corrected chi connectivity index (χ1v) is 8.17. The fourth-order valence-electron chi connectivity index (χ4n) is 3.87. The summed E-state index contributed by atoms with van der Waals surface area (Å²) in [6.45, 7) is 2.41. The van der Waals surface area contributed by atoms with E-state index in [0.29, 0.717) is 6.04 Å². The van der Waals surface area contributed by atoms with Gasteiger partial charge < -0.3 is 5.32 Å². The molecule has 2 aliphatic carbocycles. The van der Waals surface area contributed by atoms with Crippen LogP contribution in [0.1, 0.15) is 69.0 Å². The number of nitrogens with one attached hydrogen (secondary N) is 1. The van der Waals surface area contributed by atoms with E-state index >= 15 is 0 Å². The zero-order valence-corrected chi connectivity index (χ0v) is 12.2. The van der Waals surface area contributed by atoms with Gasteiger partial charge in [-0.15, -0.1) is 0 Å². The molecule has 0 radical (unpaired) electrons. The van der Waals surface area contributed by atoms with Crippen LogP contribution in [0.4, 0.5) is 0 Å². The van der Waals surface area contributed by atoms with E-state index in [2.05, 4.69) is 36.5 Å². The van der Waals surface area contributed by atoms with E-state index in [1.165, 1.54) is 51.4 Å². The third kappa shape index (κ3) is 3.20. The minimum absolute atomic E-state index is 0.614. The van der Waals surface area contributed by atoms with Crippen molar-refractivity contribution in [2.45, 2.75) is 70.4 Å². The minimum Gasteiger partial charge on any atom is -0.307 e. The molecule has 3 atom stereocenters. The molecule has 3 unspecified atom stereocenters. The van der Waals surface area contributed by atoms with Crippen molar-refractivity contribution < 1.29 is 0 Å². The molecule has 2 aliphatic rings. The number of benzene rings is 1. The Kier molecular flexibility index (Phi) is 4.22. The Morgan fingerprint density at radius 1 is 0.947 bits per heavy atom. The third-order valence-corrected chi connectivity index (χ3v) is 5.06. The molecule has 1 saturated carbocycles. The quantitative estimate of drug-likeness (QED) is 0.762. The number of aryl methyl sites for hydroxylation is 1. The highest BCUT2D eigenvalue weighted by atomic mass is 15.0. The summed E-state index contributed by atoms with van der Waals surface area (Å²) in [7, 11) is 0. The van der Waals surface area contributed by atoms with Crippen LogP contribution in [0.5, 0.6) is 0 Å². The van der Waals surface area contributed by atoms with Crippen LogP contribution in [0.15, 0.2) is 24.3 Å². The van der Waals surface area contributed by atoms with E-state index < -0.39 is 0 Å². The first-order chi connectivity index (χ1) is 9.33. The maximum Gasteiger partial charge on any atom is 0.0325 e. The smallest absolute Gasteiger partial charge is 0.0325 e. The van der Waals surface area contributed by atoms with E-state index in [4.69, 9.17) is 0 Å². The van der Waals surface area contributed by atoms with Gasteiger partial charge in [-0.2, -0.15) is 0 Å². The van der Waals surface area contributed by atoms with Gasteiger partial charge in [0.05, 0.1) is 0 Å². The Hall–Kier alpha value is -0.820. The van der Waals surface area contributed by atoms with Crippen LogP contribution in [0.25, 0.3) is 0 Å². The molecule has 1 N–H and O–H groups in total. The largest absolute Gasteiger partial charge is 0.307 e. The van der Waals surface area contributed by atoms with E-state index in [-0.39, 0.29) is 0 Å². The molecule has 0 bridgehead atoms. The Labute approximate surface area is 117 Å².